The summed E-state index contributed by atoms with van der Waals surface area (Å²) in [4.78, 5) is 22.2. The third-order valence-electron chi connectivity index (χ3n) is 3.80. The standard InChI is InChI=1S/C14H18O4/c1-4-14(8-6-5-7-9(14)2)10(3)11(12(15)16)13(17)18/h5-9H,4H2,1-3H3,(H,15,16)(H,17,18). The molecule has 0 aliphatic heterocycles. The first-order valence-corrected chi connectivity index (χ1v) is 5.90. The van der Waals surface area contributed by atoms with Crippen molar-refractivity contribution in [2.45, 2.75) is 27.2 Å². The Morgan fingerprint density at radius 2 is 1.78 bits per heavy atom. The van der Waals surface area contributed by atoms with E-state index >= 15 is 0 Å². The number of hydrogen-bond donors (Lipinski definition) is 2. The minimum absolute atomic E-state index is 0.0706. The number of aliphatic carboxylic acids is 2. The van der Waals surface area contributed by atoms with Crippen molar-refractivity contribution in [1.82, 2.24) is 0 Å². The van der Waals surface area contributed by atoms with E-state index in [2.05, 4.69) is 0 Å². The summed E-state index contributed by atoms with van der Waals surface area (Å²) in [7, 11) is 0. The molecule has 0 radical (unpaired) electrons. The molecule has 2 unspecified atom stereocenters. The molecule has 0 saturated heterocycles. The van der Waals surface area contributed by atoms with Crippen LogP contribution in [0.25, 0.3) is 0 Å². The van der Waals surface area contributed by atoms with Crippen LogP contribution in [0.3, 0.4) is 0 Å². The second-order valence-corrected chi connectivity index (χ2v) is 4.54. The Kier molecular flexibility index (Phi) is 4.11. The minimum Gasteiger partial charge on any atom is -0.477 e. The van der Waals surface area contributed by atoms with E-state index in [-0.39, 0.29) is 5.92 Å². The number of rotatable bonds is 4. The predicted octanol–water partition coefficient (Wildman–Crippen LogP) is 2.63. The Hall–Kier alpha value is -1.84. The summed E-state index contributed by atoms with van der Waals surface area (Å²) in [5, 5.41) is 18.1. The lowest BCUT2D eigenvalue weighted by Crippen LogP contribution is -2.31. The third-order valence-corrected chi connectivity index (χ3v) is 3.80. The van der Waals surface area contributed by atoms with Gasteiger partial charge in [0.1, 0.15) is 5.57 Å². The molecule has 0 bridgehead atoms. The lowest BCUT2D eigenvalue weighted by Gasteiger charge is -2.37. The summed E-state index contributed by atoms with van der Waals surface area (Å²) >= 11 is 0. The van der Waals surface area contributed by atoms with Gasteiger partial charge in [0.15, 0.2) is 0 Å². The van der Waals surface area contributed by atoms with E-state index in [0.29, 0.717) is 12.0 Å². The first-order valence-electron chi connectivity index (χ1n) is 5.90. The predicted molar refractivity (Wildman–Crippen MR) is 68.1 cm³/mol. The van der Waals surface area contributed by atoms with Crippen LogP contribution in [0.4, 0.5) is 0 Å². The molecule has 0 amide bonds. The van der Waals surface area contributed by atoms with Gasteiger partial charge in [-0.05, 0) is 24.8 Å². The van der Waals surface area contributed by atoms with Crippen molar-refractivity contribution in [3.8, 4) is 0 Å². The topological polar surface area (TPSA) is 74.6 Å². The van der Waals surface area contributed by atoms with E-state index in [1.807, 2.05) is 38.2 Å². The number of hydrogen-bond acceptors (Lipinski definition) is 2. The summed E-state index contributed by atoms with van der Waals surface area (Å²) in [5.41, 5.74) is -0.650. The van der Waals surface area contributed by atoms with Crippen molar-refractivity contribution in [3.63, 3.8) is 0 Å². The largest absolute Gasteiger partial charge is 0.477 e. The van der Waals surface area contributed by atoms with E-state index in [4.69, 9.17) is 10.2 Å². The summed E-state index contributed by atoms with van der Waals surface area (Å²) in [6.07, 6.45) is 8.26. The molecule has 0 aromatic carbocycles. The molecule has 18 heavy (non-hydrogen) atoms. The molecule has 0 heterocycles. The Balaban J connectivity index is 3.44. The smallest absolute Gasteiger partial charge is 0.343 e. The van der Waals surface area contributed by atoms with Crippen molar-refractivity contribution in [2.75, 3.05) is 0 Å². The van der Waals surface area contributed by atoms with Gasteiger partial charge in [0, 0.05) is 5.41 Å². The van der Waals surface area contributed by atoms with Gasteiger partial charge in [-0.2, -0.15) is 0 Å². The van der Waals surface area contributed by atoms with Crippen LogP contribution in [0.5, 0.6) is 0 Å². The zero-order chi connectivity index (χ0) is 13.9. The average Bonchev–Trinajstić information content (AvgIpc) is 2.28. The van der Waals surface area contributed by atoms with Crippen molar-refractivity contribution < 1.29 is 19.8 Å². The van der Waals surface area contributed by atoms with Crippen molar-refractivity contribution in [1.29, 1.82) is 0 Å². The van der Waals surface area contributed by atoms with Crippen LogP contribution in [-0.4, -0.2) is 22.2 Å². The highest BCUT2D eigenvalue weighted by atomic mass is 16.4. The minimum atomic E-state index is -1.39. The highest BCUT2D eigenvalue weighted by Gasteiger charge is 2.38. The van der Waals surface area contributed by atoms with Gasteiger partial charge in [-0.3, -0.25) is 0 Å². The van der Waals surface area contributed by atoms with Crippen molar-refractivity contribution >= 4 is 11.9 Å². The van der Waals surface area contributed by atoms with Crippen LogP contribution in [0.1, 0.15) is 27.2 Å². The molecule has 98 valence electrons. The fraction of sp³-hybridized carbons (Fsp3) is 0.429. The molecule has 1 aliphatic carbocycles. The van der Waals surface area contributed by atoms with Gasteiger partial charge in [0.25, 0.3) is 0 Å². The molecule has 1 rings (SSSR count). The van der Waals surface area contributed by atoms with Gasteiger partial charge in [-0.1, -0.05) is 38.2 Å². The first-order chi connectivity index (χ1) is 8.36. The molecule has 0 fully saturated rings. The molecule has 0 saturated carbocycles. The molecular weight excluding hydrogens is 232 g/mol. The molecule has 0 aromatic heterocycles. The van der Waals surface area contributed by atoms with E-state index in [9.17, 15) is 9.59 Å². The average molecular weight is 250 g/mol. The van der Waals surface area contributed by atoms with Crippen LogP contribution in [0.2, 0.25) is 0 Å². The maximum absolute atomic E-state index is 11.1. The number of carboxylic acids is 2. The van der Waals surface area contributed by atoms with Gasteiger partial charge in [0.2, 0.25) is 0 Å². The fourth-order valence-electron chi connectivity index (χ4n) is 2.60. The van der Waals surface area contributed by atoms with E-state index in [1.54, 1.807) is 6.92 Å². The highest BCUT2D eigenvalue weighted by Crippen LogP contribution is 2.44. The maximum atomic E-state index is 11.1. The normalized spacial score (nSPS) is 25.8. The summed E-state index contributed by atoms with van der Waals surface area (Å²) in [6.45, 7) is 5.50. The molecule has 4 nitrogen and oxygen atoms in total. The quantitative estimate of drug-likeness (QED) is 0.457. The van der Waals surface area contributed by atoms with Crippen LogP contribution >= 0.6 is 0 Å². The molecule has 4 heteroatoms. The second kappa shape index (κ2) is 5.21. The van der Waals surface area contributed by atoms with Crippen LogP contribution in [-0.2, 0) is 9.59 Å². The van der Waals surface area contributed by atoms with Crippen LogP contribution < -0.4 is 0 Å². The van der Waals surface area contributed by atoms with E-state index < -0.39 is 22.9 Å². The second-order valence-electron chi connectivity index (χ2n) is 4.54. The molecule has 0 spiro atoms. The van der Waals surface area contributed by atoms with Gasteiger partial charge in [-0.15, -0.1) is 0 Å². The van der Waals surface area contributed by atoms with Crippen LogP contribution in [0.15, 0.2) is 35.5 Å². The Labute approximate surface area is 106 Å². The summed E-state index contributed by atoms with van der Waals surface area (Å²) in [5.74, 6) is -2.70. The maximum Gasteiger partial charge on any atom is 0.343 e. The molecule has 1 aliphatic rings. The summed E-state index contributed by atoms with van der Waals surface area (Å²) in [6, 6.07) is 0. The number of carbonyl (C=O) groups is 2. The Morgan fingerprint density at radius 1 is 1.22 bits per heavy atom. The molecule has 0 aromatic rings. The monoisotopic (exact) mass is 250 g/mol. The van der Waals surface area contributed by atoms with Crippen molar-refractivity contribution in [3.05, 3.63) is 35.5 Å². The number of carboxylic acid groups (broad SMARTS) is 2. The van der Waals surface area contributed by atoms with E-state index in [1.165, 1.54) is 0 Å². The Morgan fingerprint density at radius 3 is 2.17 bits per heavy atom. The highest BCUT2D eigenvalue weighted by molar-refractivity contribution is 6.13. The summed E-state index contributed by atoms with van der Waals surface area (Å²) < 4.78 is 0. The Bertz CT molecular complexity index is 440. The molecule has 2 N–H and O–H groups in total. The fourth-order valence-corrected chi connectivity index (χ4v) is 2.60. The van der Waals surface area contributed by atoms with E-state index in [0.717, 1.165) is 0 Å². The zero-order valence-electron chi connectivity index (χ0n) is 10.8. The SMILES string of the molecule is CCC1(C(C)=C(C(=O)O)C(=O)O)C=CC=CC1C. The van der Waals surface area contributed by atoms with Gasteiger partial charge in [-0.25, -0.2) is 9.59 Å². The van der Waals surface area contributed by atoms with Gasteiger partial charge < -0.3 is 10.2 Å². The zero-order valence-corrected chi connectivity index (χ0v) is 10.8. The first kappa shape index (κ1) is 14.2. The number of allylic oxidation sites excluding steroid dienone is 5. The van der Waals surface area contributed by atoms with Gasteiger partial charge >= 0.3 is 11.9 Å². The van der Waals surface area contributed by atoms with Crippen molar-refractivity contribution in [2.24, 2.45) is 11.3 Å². The molecular formula is C14H18O4. The lowest BCUT2D eigenvalue weighted by molar-refractivity contribution is -0.140. The lowest BCUT2D eigenvalue weighted by atomic mass is 9.66. The third kappa shape index (κ3) is 2.23. The van der Waals surface area contributed by atoms with Crippen LogP contribution in [0, 0.1) is 11.3 Å². The molecule has 2 atom stereocenters. The van der Waals surface area contributed by atoms with Gasteiger partial charge in [0.05, 0.1) is 0 Å².